The standard InChI is InChI=1S/C44H28N6/c1-4-12-29(13-5-1)36-28-39(30-14-6-2-7-15-30)47-41-35(36)25-23-32-24-26-37(46-40(32)41)31-19-21-34(22-20-31)43-48-42(33-16-8-3-9-17-33)49-44(50-43)38-18-10-11-27-45-38/h1-28H. The van der Waals surface area contributed by atoms with E-state index < -0.39 is 0 Å². The second-order valence-corrected chi connectivity index (χ2v) is 12.0. The van der Waals surface area contributed by atoms with E-state index in [2.05, 4.69) is 83.8 Å². The summed E-state index contributed by atoms with van der Waals surface area (Å²) in [7, 11) is 0. The van der Waals surface area contributed by atoms with Crippen molar-refractivity contribution < 1.29 is 0 Å². The quantitative estimate of drug-likeness (QED) is 0.168. The average Bonchev–Trinajstić information content (AvgIpc) is 3.21. The molecule has 0 aliphatic carbocycles. The number of pyridine rings is 3. The van der Waals surface area contributed by atoms with Crippen molar-refractivity contribution in [3.63, 3.8) is 0 Å². The first-order valence-corrected chi connectivity index (χ1v) is 16.5. The highest BCUT2D eigenvalue weighted by molar-refractivity contribution is 6.09. The zero-order valence-corrected chi connectivity index (χ0v) is 26.8. The number of rotatable bonds is 6. The molecule has 0 atom stereocenters. The largest absolute Gasteiger partial charge is 0.253 e. The number of aromatic nitrogens is 6. The Kier molecular flexibility index (Phi) is 7.37. The van der Waals surface area contributed by atoms with Gasteiger partial charge >= 0.3 is 0 Å². The van der Waals surface area contributed by atoms with Crippen molar-refractivity contribution >= 4 is 21.8 Å². The maximum Gasteiger partial charge on any atom is 0.182 e. The minimum Gasteiger partial charge on any atom is -0.253 e. The Morgan fingerprint density at radius 2 is 0.860 bits per heavy atom. The molecule has 234 valence electrons. The molecule has 0 amide bonds. The van der Waals surface area contributed by atoms with Crippen LogP contribution in [0.15, 0.2) is 170 Å². The van der Waals surface area contributed by atoms with E-state index >= 15 is 0 Å². The molecule has 0 radical (unpaired) electrons. The van der Waals surface area contributed by atoms with Crippen LogP contribution in [0.5, 0.6) is 0 Å². The predicted molar refractivity (Wildman–Crippen MR) is 201 cm³/mol. The second-order valence-electron chi connectivity index (χ2n) is 12.0. The van der Waals surface area contributed by atoms with Gasteiger partial charge in [-0.05, 0) is 35.4 Å². The molecule has 0 fully saturated rings. The van der Waals surface area contributed by atoms with Gasteiger partial charge in [-0.3, -0.25) is 4.98 Å². The van der Waals surface area contributed by atoms with Gasteiger partial charge in [0, 0.05) is 39.2 Å². The lowest BCUT2D eigenvalue weighted by Crippen LogP contribution is -2.01. The van der Waals surface area contributed by atoms with E-state index in [4.69, 9.17) is 24.9 Å². The molecule has 0 aliphatic rings. The van der Waals surface area contributed by atoms with Crippen LogP contribution in [0.1, 0.15) is 0 Å². The van der Waals surface area contributed by atoms with Crippen LogP contribution >= 0.6 is 0 Å². The first kappa shape index (κ1) is 29.2. The number of nitrogens with zero attached hydrogens (tertiary/aromatic N) is 6. The molecule has 0 saturated carbocycles. The van der Waals surface area contributed by atoms with E-state index in [1.54, 1.807) is 6.20 Å². The maximum absolute atomic E-state index is 5.24. The summed E-state index contributed by atoms with van der Waals surface area (Å²) in [6.07, 6.45) is 1.75. The summed E-state index contributed by atoms with van der Waals surface area (Å²) in [6.45, 7) is 0. The van der Waals surface area contributed by atoms with E-state index in [0.717, 1.165) is 66.6 Å². The lowest BCUT2D eigenvalue weighted by atomic mass is 9.97. The van der Waals surface area contributed by atoms with Crippen molar-refractivity contribution in [2.24, 2.45) is 0 Å². The Labute approximate surface area is 288 Å². The lowest BCUT2D eigenvalue weighted by Gasteiger charge is -2.13. The van der Waals surface area contributed by atoms with Crippen LogP contribution in [0.2, 0.25) is 0 Å². The van der Waals surface area contributed by atoms with Gasteiger partial charge in [-0.25, -0.2) is 24.9 Å². The van der Waals surface area contributed by atoms with Crippen molar-refractivity contribution in [1.82, 2.24) is 29.9 Å². The fourth-order valence-corrected chi connectivity index (χ4v) is 6.27. The van der Waals surface area contributed by atoms with Crippen LogP contribution in [0.4, 0.5) is 0 Å². The van der Waals surface area contributed by atoms with Gasteiger partial charge in [0.25, 0.3) is 0 Å². The minimum absolute atomic E-state index is 0.527. The van der Waals surface area contributed by atoms with Crippen molar-refractivity contribution in [1.29, 1.82) is 0 Å². The fourth-order valence-electron chi connectivity index (χ4n) is 6.27. The molecule has 0 unspecified atom stereocenters. The van der Waals surface area contributed by atoms with Gasteiger partial charge in [-0.15, -0.1) is 0 Å². The average molecular weight is 641 g/mol. The van der Waals surface area contributed by atoms with Crippen LogP contribution in [0.3, 0.4) is 0 Å². The lowest BCUT2D eigenvalue weighted by molar-refractivity contribution is 1.06. The Balaban J connectivity index is 1.15. The SMILES string of the molecule is c1ccc(-c2cc(-c3ccccc3)c3ccc4ccc(-c5ccc(-c6nc(-c7ccccc7)nc(-c7ccccn7)n6)cc5)nc4c3n2)cc1. The van der Waals surface area contributed by atoms with E-state index in [9.17, 15) is 0 Å². The second kappa shape index (κ2) is 12.6. The summed E-state index contributed by atoms with van der Waals surface area (Å²) in [5.41, 5.74) is 10.3. The van der Waals surface area contributed by atoms with Crippen molar-refractivity contribution in [3.8, 4) is 67.9 Å². The molecule has 0 saturated heterocycles. The molecule has 9 aromatic rings. The van der Waals surface area contributed by atoms with Gasteiger partial charge in [-0.1, -0.05) is 140 Å². The van der Waals surface area contributed by atoms with Gasteiger partial charge in [0.1, 0.15) is 5.69 Å². The molecular weight excluding hydrogens is 613 g/mol. The van der Waals surface area contributed by atoms with Crippen LogP contribution in [0.25, 0.3) is 89.7 Å². The molecule has 0 bridgehead atoms. The monoisotopic (exact) mass is 640 g/mol. The third kappa shape index (κ3) is 5.55. The first-order chi connectivity index (χ1) is 24.8. The summed E-state index contributed by atoms with van der Waals surface area (Å²) >= 11 is 0. The van der Waals surface area contributed by atoms with Crippen LogP contribution < -0.4 is 0 Å². The highest BCUT2D eigenvalue weighted by Crippen LogP contribution is 2.36. The number of benzene rings is 5. The van der Waals surface area contributed by atoms with E-state index in [1.807, 2.05) is 84.9 Å². The summed E-state index contributed by atoms with van der Waals surface area (Å²) in [5, 5.41) is 2.10. The molecule has 4 aromatic heterocycles. The van der Waals surface area contributed by atoms with Crippen LogP contribution in [0, 0.1) is 0 Å². The van der Waals surface area contributed by atoms with Gasteiger partial charge in [0.15, 0.2) is 17.5 Å². The molecule has 4 heterocycles. The summed E-state index contributed by atoms with van der Waals surface area (Å²) in [6, 6.07) is 55.4. The predicted octanol–water partition coefficient (Wildman–Crippen LogP) is 10.4. The molecule has 50 heavy (non-hydrogen) atoms. The molecule has 5 aromatic carbocycles. The van der Waals surface area contributed by atoms with Gasteiger partial charge in [0.2, 0.25) is 0 Å². The number of hydrogen-bond donors (Lipinski definition) is 0. The Morgan fingerprint density at radius 1 is 0.320 bits per heavy atom. The normalized spacial score (nSPS) is 11.2. The number of hydrogen-bond acceptors (Lipinski definition) is 6. The molecule has 0 spiro atoms. The van der Waals surface area contributed by atoms with E-state index in [-0.39, 0.29) is 0 Å². The third-order valence-corrected chi connectivity index (χ3v) is 8.79. The van der Waals surface area contributed by atoms with Crippen molar-refractivity contribution in [2.75, 3.05) is 0 Å². The highest BCUT2D eigenvalue weighted by Gasteiger charge is 2.16. The molecule has 9 rings (SSSR count). The van der Waals surface area contributed by atoms with E-state index in [0.29, 0.717) is 23.2 Å². The number of fused-ring (bicyclic) bond motifs is 3. The molecular formula is C44H28N6. The van der Waals surface area contributed by atoms with Gasteiger partial charge < -0.3 is 0 Å². The van der Waals surface area contributed by atoms with Crippen molar-refractivity contribution in [2.45, 2.75) is 0 Å². The van der Waals surface area contributed by atoms with E-state index in [1.165, 1.54) is 0 Å². The smallest absolute Gasteiger partial charge is 0.182 e. The molecule has 0 N–H and O–H groups in total. The zero-order valence-electron chi connectivity index (χ0n) is 26.8. The third-order valence-electron chi connectivity index (χ3n) is 8.79. The van der Waals surface area contributed by atoms with Crippen molar-refractivity contribution in [3.05, 3.63) is 170 Å². The Morgan fingerprint density at radius 3 is 1.54 bits per heavy atom. The van der Waals surface area contributed by atoms with Crippen LogP contribution in [-0.4, -0.2) is 29.9 Å². The summed E-state index contributed by atoms with van der Waals surface area (Å²) in [5.74, 6) is 1.70. The van der Waals surface area contributed by atoms with Gasteiger partial charge in [0.05, 0.1) is 22.4 Å². The summed E-state index contributed by atoms with van der Waals surface area (Å²) < 4.78 is 0. The first-order valence-electron chi connectivity index (χ1n) is 16.5. The fraction of sp³-hybridized carbons (Fsp3) is 0. The summed E-state index contributed by atoms with van der Waals surface area (Å²) in [4.78, 5) is 29.4. The maximum atomic E-state index is 5.24. The molecule has 6 nitrogen and oxygen atoms in total. The molecule has 6 heteroatoms. The zero-order chi connectivity index (χ0) is 33.3. The van der Waals surface area contributed by atoms with Gasteiger partial charge in [-0.2, -0.15) is 0 Å². The topological polar surface area (TPSA) is 77.3 Å². The minimum atomic E-state index is 0.527. The Bertz CT molecular complexity index is 2550. The highest BCUT2D eigenvalue weighted by atomic mass is 15.0. The molecule has 0 aliphatic heterocycles. The Hall–Kier alpha value is -6.92. The van der Waals surface area contributed by atoms with Crippen LogP contribution in [-0.2, 0) is 0 Å².